The van der Waals surface area contributed by atoms with Gasteiger partial charge in [0.2, 0.25) is 5.91 Å². The molecule has 1 fully saturated rings. The predicted molar refractivity (Wildman–Crippen MR) is 113 cm³/mol. The van der Waals surface area contributed by atoms with Crippen molar-refractivity contribution in [2.45, 2.75) is 31.8 Å². The molecule has 5 heteroatoms. The molecule has 0 spiro atoms. The summed E-state index contributed by atoms with van der Waals surface area (Å²) in [5.74, 6) is 0.0781. The molecular weight excluding hydrogens is 370 g/mol. The smallest absolute Gasteiger partial charge is 0.224 e. The van der Waals surface area contributed by atoms with E-state index in [-0.39, 0.29) is 11.9 Å². The largest absolute Gasteiger partial charge is 0.353 e. The highest BCUT2D eigenvalue weighted by atomic mass is 35.5. The van der Waals surface area contributed by atoms with Crippen molar-refractivity contribution in [2.75, 3.05) is 13.1 Å². The molecule has 0 bridgehead atoms. The van der Waals surface area contributed by atoms with Gasteiger partial charge in [0.05, 0.1) is 11.9 Å². The molecule has 0 saturated carbocycles. The molecule has 0 aliphatic carbocycles. The van der Waals surface area contributed by atoms with Crippen molar-refractivity contribution in [1.29, 1.82) is 0 Å². The second kappa shape index (κ2) is 8.72. The van der Waals surface area contributed by atoms with Gasteiger partial charge in [-0.25, -0.2) is 0 Å². The number of para-hydroxylation sites is 1. The SMILES string of the molecule is O=C(Cc1cccc2cccnc12)NC1CCN(Cc2ccc(Cl)cc2)CC1. The molecular formula is C23H24ClN3O. The summed E-state index contributed by atoms with van der Waals surface area (Å²) in [4.78, 5) is 19.4. The van der Waals surface area contributed by atoms with E-state index in [1.54, 1.807) is 6.20 Å². The number of fused-ring (bicyclic) bond motifs is 1. The van der Waals surface area contributed by atoms with Gasteiger partial charge in [-0.1, -0.05) is 48.0 Å². The van der Waals surface area contributed by atoms with Gasteiger partial charge >= 0.3 is 0 Å². The average Bonchev–Trinajstić information content (AvgIpc) is 2.71. The topological polar surface area (TPSA) is 45.2 Å². The summed E-state index contributed by atoms with van der Waals surface area (Å²) in [6.07, 6.45) is 4.11. The fraction of sp³-hybridized carbons (Fsp3) is 0.304. The van der Waals surface area contributed by atoms with Crippen LogP contribution < -0.4 is 5.32 Å². The number of nitrogens with one attached hydrogen (secondary N) is 1. The van der Waals surface area contributed by atoms with Gasteiger partial charge in [-0.2, -0.15) is 0 Å². The van der Waals surface area contributed by atoms with E-state index >= 15 is 0 Å². The molecule has 3 aromatic rings. The standard InChI is InChI=1S/C23H24ClN3O/c24-20-8-6-17(7-9-20)16-27-13-10-21(11-14-27)26-22(28)15-19-4-1-3-18-5-2-12-25-23(18)19/h1-9,12,21H,10-11,13-16H2,(H,26,28). The van der Waals surface area contributed by atoms with Gasteiger partial charge < -0.3 is 5.32 Å². The minimum Gasteiger partial charge on any atom is -0.353 e. The number of carbonyl (C=O) groups is 1. The normalized spacial score (nSPS) is 15.6. The molecule has 1 N–H and O–H groups in total. The maximum Gasteiger partial charge on any atom is 0.224 e. The number of benzene rings is 2. The first-order valence-electron chi connectivity index (χ1n) is 9.76. The fourth-order valence-electron chi connectivity index (χ4n) is 3.85. The summed E-state index contributed by atoms with van der Waals surface area (Å²) in [5, 5.41) is 5.06. The zero-order valence-corrected chi connectivity index (χ0v) is 16.5. The summed E-state index contributed by atoms with van der Waals surface area (Å²) < 4.78 is 0. The van der Waals surface area contributed by atoms with Gasteiger partial charge in [-0.05, 0) is 42.2 Å². The number of hydrogen-bond acceptors (Lipinski definition) is 3. The fourth-order valence-corrected chi connectivity index (χ4v) is 3.97. The molecule has 2 aromatic carbocycles. The van der Waals surface area contributed by atoms with Gasteiger partial charge in [-0.15, -0.1) is 0 Å². The minimum absolute atomic E-state index is 0.0781. The molecule has 1 amide bonds. The van der Waals surface area contributed by atoms with Crippen molar-refractivity contribution in [3.05, 3.63) is 76.9 Å². The Kier molecular flexibility index (Phi) is 5.89. The Labute approximate surface area is 170 Å². The van der Waals surface area contributed by atoms with E-state index in [0.717, 1.165) is 54.0 Å². The van der Waals surface area contributed by atoms with Crippen LogP contribution in [0.15, 0.2) is 60.8 Å². The van der Waals surface area contributed by atoms with Crippen molar-refractivity contribution in [2.24, 2.45) is 0 Å². The van der Waals surface area contributed by atoms with E-state index in [0.29, 0.717) is 6.42 Å². The number of amides is 1. The molecule has 1 aliphatic rings. The van der Waals surface area contributed by atoms with E-state index in [4.69, 9.17) is 11.6 Å². The average molecular weight is 394 g/mol. The summed E-state index contributed by atoms with van der Waals surface area (Å²) in [5.41, 5.74) is 3.17. The van der Waals surface area contributed by atoms with Crippen molar-refractivity contribution in [3.8, 4) is 0 Å². The number of rotatable bonds is 5. The van der Waals surface area contributed by atoms with Gasteiger partial charge in [0, 0.05) is 42.3 Å². The number of pyridine rings is 1. The first-order chi connectivity index (χ1) is 13.7. The Morgan fingerprint density at radius 1 is 1.07 bits per heavy atom. The van der Waals surface area contributed by atoms with Crippen LogP contribution in [-0.2, 0) is 17.8 Å². The van der Waals surface area contributed by atoms with Gasteiger partial charge in [0.25, 0.3) is 0 Å². The molecule has 0 radical (unpaired) electrons. The molecule has 0 atom stereocenters. The van der Waals surface area contributed by atoms with E-state index in [9.17, 15) is 4.79 Å². The molecule has 4 nitrogen and oxygen atoms in total. The lowest BCUT2D eigenvalue weighted by Gasteiger charge is -2.32. The third-order valence-electron chi connectivity index (χ3n) is 5.34. The third kappa shape index (κ3) is 4.70. The Morgan fingerprint density at radius 2 is 1.82 bits per heavy atom. The summed E-state index contributed by atoms with van der Waals surface area (Å²) in [7, 11) is 0. The molecule has 28 heavy (non-hydrogen) atoms. The summed E-state index contributed by atoms with van der Waals surface area (Å²) in [6, 6.07) is 18.2. The van der Waals surface area contributed by atoms with Gasteiger partial charge in [0.1, 0.15) is 0 Å². The highest BCUT2D eigenvalue weighted by Crippen LogP contribution is 2.18. The number of likely N-dealkylation sites (tertiary alicyclic amines) is 1. The zero-order chi connectivity index (χ0) is 19.3. The Balaban J connectivity index is 1.28. The van der Waals surface area contributed by atoms with Crippen LogP contribution in [0.25, 0.3) is 10.9 Å². The van der Waals surface area contributed by atoms with Crippen molar-refractivity contribution >= 4 is 28.4 Å². The van der Waals surface area contributed by atoms with Gasteiger partial charge in [-0.3, -0.25) is 14.7 Å². The Bertz CT molecular complexity index is 944. The maximum absolute atomic E-state index is 12.6. The van der Waals surface area contributed by atoms with Crippen LogP contribution in [0, 0.1) is 0 Å². The monoisotopic (exact) mass is 393 g/mol. The lowest BCUT2D eigenvalue weighted by molar-refractivity contribution is -0.121. The van der Waals surface area contributed by atoms with Crippen molar-refractivity contribution < 1.29 is 4.79 Å². The van der Waals surface area contributed by atoms with Crippen LogP contribution in [0.4, 0.5) is 0 Å². The second-order valence-electron chi connectivity index (χ2n) is 7.41. The number of nitrogens with zero attached hydrogens (tertiary/aromatic N) is 2. The van der Waals surface area contributed by atoms with E-state index in [1.165, 1.54) is 5.56 Å². The first-order valence-corrected chi connectivity index (χ1v) is 10.1. The lowest BCUT2D eigenvalue weighted by Crippen LogP contribution is -2.44. The van der Waals surface area contributed by atoms with Gasteiger partial charge in [0.15, 0.2) is 0 Å². The maximum atomic E-state index is 12.6. The number of carbonyl (C=O) groups excluding carboxylic acids is 1. The molecule has 1 saturated heterocycles. The summed E-state index contributed by atoms with van der Waals surface area (Å²) >= 11 is 5.95. The predicted octanol–water partition coefficient (Wildman–Crippen LogP) is 4.21. The van der Waals surface area contributed by atoms with Crippen molar-refractivity contribution in [1.82, 2.24) is 15.2 Å². The quantitative estimate of drug-likeness (QED) is 0.706. The highest BCUT2D eigenvalue weighted by molar-refractivity contribution is 6.30. The molecule has 2 heterocycles. The molecule has 144 valence electrons. The number of piperidine rings is 1. The number of aromatic nitrogens is 1. The Morgan fingerprint density at radius 3 is 2.61 bits per heavy atom. The molecule has 1 aromatic heterocycles. The first kappa shape index (κ1) is 18.9. The molecule has 0 unspecified atom stereocenters. The van der Waals surface area contributed by atoms with Crippen LogP contribution in [-0.4, -0.2) is 34.9 Å². The molecule has 1 aliphatic heterocycles. The summed E-state index contributed by atoms with van der Waals surface area (Å²) in [6.45, 7) is 2.91. The lowest BCUT2D eigenvalue weighted by atomic mass is 10.0. The third-order valence-corrected chi connectivity index (χ3v) is 5.59. The van der Waals surface area contributed by atoms with Crippen LogP contribution >= 0.6 is 11.6 Å². The van der Waals surface area contributed by atoms with Crippen LogP contribution in [0.3, 0.4) is 0 Å². The number of hydrogen-bond donors (Lipinski definition) is 1. The minimum atomic E-state index is 0.0781. The van der Waals surface area contributed by atoms with Crippen LogP contribution in [0.5, 0.6) is 0 Å². The highest BCUT2D eigenvalue weighted by Gasteiger charge is 2.21. The van der Waals surface area contributed by atoms with Crippen molar-refractivity contribution in [3.63, 3.8) is 0 Å². The second-order valence-corrected chi connectivity index (χ2v) is 7.85. The van der Waals surface area contributed by atoms with E-state index in [1.807, 2.05) is 42.5 Å². The van der Waals surface area contributed by atoms with E-state index in [2.05, 4.69) is 27.3 Å². The van der Waals surface area contributed by atoms with Crippen LogP contribution in [0.2, 0.25) is 5.02 Å². The molecule has 4 rings (SSSR count). The zero-order valence-electron chi connectivity index (χ0n) is 15.8. The van der Waals surface area contributed by atoms with Crippen LogP contribution in [0.1, 0.15) is 24.0 Å². The van der Waals surface area contributed by atoms with E-state index < -0.39 is 0 Å². The Hall–Kier alpha value is -2.43. The number of halogens is 1.